The molecule has 0 saturated carbocycles. The van der Waals surface area contributed by atoms with E-state index < -0.39 is 0 Å². The average Bonchev–Trinajstić information content (AvgIpc) is 3.00. The first-order chi connectivity index (χ1) is 11.6. The van der Waals surface area contributed by atoms with E-state index in [4.69, 9.17) is 0 Å². The third kappa shape index (κ3) is 4.09. The molecule has 0 fully saturated rings. The van der Waals surface area contributed by atoms with Gasteiger partial charge in [0.15, 0.2) is 0 Å². The summed E-state index contributed by atoms with van der Waals surface area (Å²) in [7, 11) is 0. The van der Waals surface area contributed by atoms with Crippen molar-refractivity contribution in [1.82, 2.24) is 20.5 Å². The number of hydrogen-bond donors (Lipinski definition) is 2. The molecule has 3 aromatic rings. The van der Waals surface area contributed by atoms with Gasteiger partial charge in [-0.15, -0.1) is 0 Å². The van der Waals surface area contributed by atoms with E-state index >= 15 is 0 Å². The first-order valence-electron chi connectivity index (χ1n) is 8.40. The van der Waals surface area contributed by atoms with Crippen LogP contribution in [0.3, 0.4) is 0 Å². The zero-order valence-corrected chi connectivity index (χ0v) is 14.5. The average molecular weight is 320 g/mol. The second kappa shape index (κ2) is 7.41. The quantitative estimate of drug-likeness (QED) is 0.720. The lowest BCUT2D eigenvalue weighted by atomic mass is 10.0. The summed E-state index contributed by atoms with van der Waals surface area (Å²) >= 11 is 0. The van der Waals surface area contributed by atoms with Crippen molar-refractivity contribution in [3.05, 3.63) is 71.8 Å². The second-order valence-electron chi connectivity index (χ2n) is 6.37. The minimum absolute atomic E-state index is 0.184. The molecule has 0 radical (unpaired) electrons. The maximum absolute atomic E-state index is 4.54. The van der Waals surface area contributed by atoms with Crippen molar-refractivity contribution in [3.8, 4) is 11.1 Å². The van der Waals surface area contributed by atoms with Crippen molar-refractivity contribution in [2.45, 2.75) is 39.3 Å². The van der Waals surface area contributed by atoms with E-state index in [-0.39, 0.29) is 6.04 Å². The third-order valence-electron chi connectivity index (χ3n) is 4.14. The normalized spacial score (nSPS) is 13.6. The van der Waals surface area contributed by atoms with Crippen LogP contribution in [0.15, 0.2) is 54.7 Å². The number of pyridine rings is 1. The van der Waals surface area contributed by atoms with Crippen molar-refractivity contribution in [2.24, 2.45) is 0 Å². The van der Waals surface area contributed by atoms with Crippen molar-refractivity contribution in [2.75, 3.05) is 0 Å². The van der Waals surface area contributed by atoms with E-state index in [1.54, 1.807) is 0 Å². The van der Waals surface area contributed by atoms with Crippen LogP contribution >= 0.6 is 0 Å². The summed E-state index contributed by atoms with van der Waals surface area (Å²) in [5.41, 5.74) is 5.66. The van der Waals surface area contributed by atoms with Gasteiger partial charge in [0.25, 0.3) is 0 Å². The topological polar surface area (TPSA) is 53.6 Å². The molecule has 2 unspecified atom stereocenters. The van der Waals surface area contributed by atoms with Gasteiger partial charge in [0.05, 0.1) is 11.4 Å². The smallest absolute Gasteiger partial charge is 0.0640 e. The van der Waals surface area contributed by atoms with Gasteiger partial charge in [0, 0.05) is 30.4 Å². The molecule has 1 aromatic carbocycles. The Morgan fingerprint density at radius 3 is 2.54 bits per heavy atom. The first-order valence-corrected chi connectivity index (χ1v) is 8.40. The molecule has 2 N–H and O–H groups in total. The van der Waals surface area contributed by atoms with Crippen LogP contribution < -0.4 is 5.32 Å². The fourth-order valence-electron chi connectivity index (χ4n) is 2.96. The fraction of sp³-hybridized carbons (Fsp3) is 0.300. The molecule has 0 bridgehead atoms. The predicted octanol–water partition coefficient (Wildman–Crippen LogP) is 4.06. The van der Waals surface area contributed by atoms with Gasteiger partial charge >= 0.3 is 0 Å². The molecular formula is C20H24N4. The Hall–Kier alpha value is -2.46. The third-order valence-corrected chi connectivity index (χ3v) is 4.14. The lowest BCUT2D eigenvalue weighted by Crippen LogP contribution is -2.31. The van der Waals surface area contributed by atoms with Crippen LogP contribution in [0.1, 0.15) is 37.0 Å². The molecule has 0 aliphatic rings. The monoisotopic (exact) mass is 320 g/mol. The summed E-state index contributed by atoms with van der Waals surface area (Å²) in [6.07, 6.45) is 2.78. The zero-order chi connectivity index (χ0) is 16.9. The number of rotatable bonds is 6. The highest BCUT2D eigenvalue weighted by Gasteiger charge is 2.13. The number of aromatic amines is 1. The maximum Gasteiger partial charge on any atom is 0.0640 e. The Bertz CT molecular complexity index is 779. The zero-order valence-electron chi connectivity index (χ0n) is 14.5. The summed E-state index contributed by atoms with van der Waals surface area (Å²) in [5, 5.41) is 10.9. The second-order valence-corrected chi connectivity index (χ2v) is 6.37. The fourth-order valence-corrected chi connectivity index (χ4v) is 2.96. The number of aromatic nitrogens is 3. The highest BCUT2D eigenvalue weighted by molar-refractivity contribution is 5.63. The van der Waals surface area contributed by atoms with E-state index in [0.29, 0.717) is 6.04 Å². The van der Waals surface area contributed by atoms with Gasteiger partial charge in [-0.2, -0.15) is 5.10 Å². The van der Waals surface area contributed by atoms with Crippen LogP contribution in [0.25, 0.3) is 11.1 Å². The minimum atomic E-state index is 0.184. The molecule has 2 heterocycles. The highest BCUT2D eigenvalue weighted by Crippen LogP contribution is 2.21. The molecule has 124 valence electrons. The summed E-state index contributed by atoms with van der Waals surface area (Å²) in [4.78, 5) is 4.54. The lowest BCUT2D eigenvalue weighted by molar-refractivity contribution is 0.467. The van der Waals surface area contributed by atoms with Gasteiger partial charge in [-0.3, -0.25) is 10.1 Å². The van der Waals surface area contributed by atoms with Crippen LogP contribution in [-0.4, -0.2) is 21.2 Å². The van der Waals surface area contributed by atoms with E-state index in [0.717, 1.165) is 23.5 Å². The molecule has 4 nitrogen and oxygen atoms in total. The summed E-state index contributed by atoms with van der Waals surface area (Å²) in [6, 6.07) is 17.2. The number of benzene rings is 1. The molecule has 0 aliphatic heterocycles. The number of nitrogens with zero attached hydrogens (tertiary/aromatic N) is 2. The summed E-state index contributed by atoms with van der Waals surface area (Å²) in [5.74, 6) is 0. The van der Waals surface area contributed by atoms with Crippen LogP contribution in [0, 0.1) is 6.92 Å². The highest BCUT2D eigenvalue weighted by atomic mass is 15.1. The number of aryl methyl sites for hydroxylation is 1. The van der Waals surface area contributed by atoms with Crippen LogP contribution in [0.5, 0.6) is 0 Å². The standard InChI is InChI=1S/C20H24N4/c1-14(11-19-12-15(2)23-24-19)22-16(3)20-13-18(9-10-21-20)17-7-5-4-6-8-17/h4-10,12-14,16,22H,11H2,1-3H3,(H,23,24). The van der Waals surface area contributed by atoms with Crippen LogP contribution in [0.2, 0.25) is 0 Å². The molecule has 0 amide bonds. The van der Waals surface area contributed by atoms with Gasteiger partial charge in [0.1, 0.15) is 0 Å². The Morgan fingerprint density at radius 1 is 1.04 bits per heavy atom. The lowest BCUT2D eigenvalue weighted by Gasteiger charge is -2.19. The Kier molecular flexibility index (Phi) is 5.06. The molecule has 0 aliphatic carbocycles. The Morgan fingerprint density at radius 2 is 1.83 bits per heavy atom. The van der Waals surface area contributed by atoms with Gasteiger partial charge < -0.3 is 5.32 Å². The van der Waals surface area contributed by atoms with Crippen molar-refractivity contribution in [1.29, 1.82) is 0 Å². The summed E-state index contributed by atoms with van der Waals surface area (Å²) in [6.45, 7) is 6.36. The molecule has 4 heteroatoms. The minimum Gasteiger partial charge on any atom is -0.306 e. The Balaban J connectivity index is 1.67. The van der Waals surface area contributed by atoms with E-state index in [1.807, 2.05) is 19.2 Å². The van der Waals surface area contributed by atoms with E-state index in [1.165, 1.54) is 11.1 Å². The summed E-state index contributed by atoms with van der Waals surface area (Å²) < 4.78 is 0. The largest absolute Gasteiger partial charge is 0.306 e. The molecular weight excluding hydrogens is 296 g/mol. The van der Waals surface area contributed by atoms with Crippen molar-refractivity contribution in [3.63, 3.8) is 0 Å². The van der Waals surface area contributed by atoms with Gasteiger partial charge in [-0.05, 0) is 50.1 Å². The SMILES string of the molecule is Cc1cc(CC(C)NC(C)c2cc(-c3ccccc3)ccn2)n[nH]1. The molecule has 2 atom stereocenters. The molecule has 0 spiro atoms. The van der Waals surface area contributed by atoms with E-state index in [2.05, 4.69) is 76.8 Å². The van der Waals surface area contributed by atoms with Crippen molar-refractivity contribution >= 4 is 0 Å². The number of nitrogens with one attached hydrogen (secondary N) is 2. The van der Waals surface area contributed by atoms with Gasteiger partial charge in [0.2, 0.25) is 0 Å². The van der Waals surface area contributed by atoms with Gasteiger partial charge in [-0.1, -0.05) is 30.3 Å². The molecule has 2 aromatic heterocycles. The van der Waals surface area contributed by atoms with Crippen LogP contribution in [-0.2, 0) is 6.42 Å². The van der Waals surface area contributed by atoms with Gasteiger partial charge in [-0.25, -0.2) is 0 Å². The predicted molar refractivity (Wildman–Crippen MR) is 97.7 cm³/mol. The van der Waals surface area contributed by atoms with E-state index in [9.17, 15) is 0 Å². The number of H-pyrrole nitrogens is 1. The molecule has 3 rings (SSSR count). The maximum atomic E-state index is 4.54. The first kappa shape index (κ1) is 16.4. The van der Waals surface area contributed by atoms with Crippen LogP contribution in [0.4, 0.5) is 0 Å². The molecule has 0 saturated heterocycles. The molecule has 24 heavy (non-hydrogen) atoms. The number of hydrogen-bond acceptors (Lipinski definition) is 3. The Labute approximate surface area is 143 Å². The van der Waals surface area contributed by atoms with Crippen molar-refractivity contribution < 1.29 is 0 Å².